The minimum Gasteiger partial charge on any atom is -0.465 e. The topological polar surface area (TPSA) is 38.3 Å². The number of carbonyl (C=O) groups is 1. The average molecular weight is 311 g/mol. The van der Waals surface area contributed by atoms with Gasteiger partial charge < -0.3 is 10.1 Å². The molecule has 0 radical (unpaired) electrons. The molecule has 1 saturated heterocycles. The first-order valence-corrected chi connectivity index (χ1v) is 8.80. The zero-order chi connectivity index (χ0) is 15.9. The summed E-state index contributed by atoms with van der Waals surface area (Å²) in [7, 11) is 1.42. The van der Waals surface area contributed by atoms with E-state index in [1.165, 1.54) is 51.2 Å². The maximum Gasteiger partial charge on any atom is 0.337 e. The highest BCUT2D eigenvalue weighted by Gasteiger charge is 2.48. The van der Waals surface area contributed by atoms with E-state index in [9.17, 15) is 4.79 Å². The van der Waals surface area contributed by atoms with Crippen LogP contribution >= 0.6 is 0 Å². The number of rotatable bonds is 3. The van der Waals surface area contributed by atoms with Crippen molar-refractivity contribution < 1.29 is 9.53 Å². The second-order valence-electron chi connectivity index (χ2n) is 7.50. The van der Waals surface area contributed by atoms with Gasteiger partial charge in [0.2, 0.25) is 0 Å². The van der Waals surface area contributed by atoms with Gasteiger partial charge in [-0.2, -0.15) is 0 Å². The molecule has 1 aromatic carbocycles. The van der Waals surface area contributed by atoms with Crippen molar-refractivity contribution in [2.75, 3.05) is 13.7 Å². The van der Waals surface area contributed by atoms with Gasteiger partial charge in [0.1, 0.15) is 0 Å². The molecule has 0 unspecified atom stereocenters. The fraction of sp³-hybridized carbons (Fsp3) is 0.550. The van der Waals surface area contributed by atoms with Gasteiger partial charge in [-0.25, -0.2) is 4.79 Å². The third-order valence-corrected chi connectivity index (χ3v) is 6.14. The van der Waals surface area contributed by atoms with E-state index >= 15 is 0 Å². The van der Waals surface area contributed by atoms with Crippen LogP contribution in [0.5, 0.6) is 0 Å². The van der Waals surface area contributed by atoms with E-state index in [4.69, 9.17) is 4.74 Å². The molecule has 23 heavy (non-hydrogen) atoms. The first kappa shape index (κ1) is 14.9. The summed E-state index contributed by atoms with van der Waals surface area (Å²) in [6, 6.07) is 8.34. The standard InChI is InChI=1S/C20H25NO2/c1-23-19(22)16-7-5-15(6-8-16)18-13-20(9-10-21-18)11-17(12-20)14-3-2-4-14/h3,5-8,17-18,21H,2,4,9-13H2,1H3/t17?,18-,20?/m0/s1. The molecule has 1 aromatic rings. The van der Waals surface area contributed by atoms with E-state index in [1.54, 1.807) is 5.57 Å². The Bertz CT molecular complexity index is 626. The predicted molar refractivity (Wildman–Crippen MR) is 90.2 cm³/mol. The lowest BCUT2D eigenvalue weighted by Gasteiger charge is -2.54. The number of allylic oxidation sites excluding steroid dienone is 2. The molecule has 2 aliphatic carbocycles. The summed E-state index contributed by atoms with van der Waals surface area (Å²) in [5, 5.41) is 3.66. The Morgan fingerprint density at radius 2 is 1.96 bits per heavy atom. The van der Waals surface area contributed by atoms with E-state index in [1.807, 2.05) is 12.1 Å². The summed E-state index contributed by atoms with van der Waals surface area (Å²) < 4.78 is 4.77. The van der Waals surface area contributed by atoms with Gasteiger partial charge >= 0.3 is 5.97 Å². The molecule has 0 bridgehead atoms. The predicted octanol–water partition coefficient (Wildman–Crippen LogP) is 4.01. The van der Waals surface area contributed by atoms with Gasteiger partial charge in [-0.3, -0.25) is 0 Å². The van der Waals surface area contributed by atoms with Gasteiger partial charge in [0.05, 0.1) is 12.7 Å². The average Bonchev–Trinajstić information content (AvgIpc) is 2.51. The molecule has 1 N–H and O–H groups in total. The Morgan fingerprint density at radius 1 is 1.22 bits per heavy atom. The van der Waals surface area contributed by atoms with Crippen molar-refractivity contribution in [1.82, 2.24) is 5.32 Å². The van der Waals surface area contributed by atoms with Crippen LogP contribution in [0.3, 0.4) is 0 Å². The van der Waals surface area contributed by atoms with Crippen molar-refractivity contribution in [3.8, 4) is 0 Å². The molecule has 0 aromatic heterocycles. The van der Waals surface area contributed by atoms with Crippen LogP contribution in [0.1, 0.15) is 60.5 Å². The third kappa shape index (κ3) is 2.72. The van der Waals surface area contributed by atoms with E-state index in [0.717, 1.165) is 12.5 Å². The smallest absolute Gasteiger partial charge is 0.337 e. The Balaban J connectivity index is 1.42. The number of benzene rings is 1. The van der Waals surface area contributed by atoms with Crippen LogP contribution in [0.15, 0.2) is 35.9 Å². The van der Waals surface area contributed by atoms with Crippen LogP contribution in [-0.2, 0) is 4.74 Å². The lowest BCUT2D eigenvalue weighted by molar-refractivity contribution is 0.0189. The van der Waals surface area contributed by atoms with Crippen molar-refractivity contribution in [2.24, 2.45) is 11.3 Å². The van der Waals surface area contributed by atoms with Crippen molar-refractivity contribution in [3.63, 3.8) is 0 Å². The maximum absolute atomic E-state index is 11.6. The molecule has 3 heteroatoms. The minimum atomic E-state index is -0.264. The number of ether oxygens (including phenoxy) is 1. The fourth-order valence-electron chi connectivity index (χ4n) is 4.62. The molecule has 1 aliphatic heterocycles. The number of carbonyl (C=O) groups excluding carboxylic acids is 1. The molecule has 122 valence electrons. The normalized spacial score (nSPS) is 32.7. The summed E-state index contributed by atoms with van der Waals surface area (Å²) in [6.07, 6.45) is 10.4. The quantitative estimate of drug-likeness (QED) is 0.677. The number of piperidine rings is 1. The van der Waals surface area contributed by atoms with Gasteiger partial charge in [0.15, 0.2) is 0 Å². The van der Waals surface area contributed by atoms with E-state index in [-0.39, 0.29) is 5.97 Å². The lowest BCUT2D eigenvalue weighted by Crippen LogP contribution is -2.47. The second-order valence-corrected chi connectivity index (χ2v) is 7.50. The van der Waals surface area contributed by atoms with Crippen LogP contribution in [0, 0.1) is 11.3 Å². The van der Waals surface area contributed by atoms with Crippen molar-refractivity contribution in [1.29, 1.82) is 0 Å². The van der Waals surface area contributed by atoms with Gasteiger partial charge in [-0.15, -0.1) is 0 Å². The van der Waals surface area contributed by atoms with Crippen molar-refractivity contribution in [3.05, 3.63) is 47.0 Å². The van der Waals surface area contributed by atoms with Gasteiger partial charge in [-0.1, -0.05) is 23.8 Å². The van der Waals surface area contributed by atoms with Gasteiger partial charge in [-0.05, 0) is 74.1 Å². The van der Waals surface area contributed by atoms with Crippen LogP contribution in [0.25, 0.3) is 0 Å². The molecule has 0 amide bonds. The largest absolute Gasteiger partial charge is 0.465 e. The SMILES string of the molecule is COC(=O)c1ccc([C@@H]2CC3(CCN2)CC(C2=CCC2)C3)cc1. The molecular weight excluding hydrogens is 286 g/mol. The molecule has 1 saturated carbocycles. The molecule has 2 fully saturated rings. The minimum absolute atomic E-state index is 0.264. The number of nitrogens with one attached hydrogen (secondary N) is 1. The van der Waals surface area contributed by atoms with Crippen molar-refractivity contribution in [2.45, 2.75) is 44.6 Å². The Labute approximate surface area is 138 Å². The van der Waals surface area contributed by atoms with Gasteiger partial charge in [0.25, 0.3) is 0 Å². The highest BCUT2D eigenvalue weighted by atomic mass is 16.5. The summed E-state index contributed by atoms with van der Waals surface area (Å²) in [4.78, 5) is 11.6. The first-order valence-electron chi connectivity index (χ1n) is 8.80. The molecule has 4 rings (SSSR count). The number of hydrogen-bond acceptors (Lipinski definition) is 3. The fourth-order valence-corrected chi connectivity index (χ4v) is 4.62. The molecule has 1 spiro atoms. The van der Waals surface area contributed by atoms with Crippen LogP contribution < -0.4 is 5.32 Å². The molecule has 1 atom stereocenters. The van der Waals surface area contributed by atoms with E-state index < -0.39 is 0 Å². The zero-order valence-electron chi connectivity index (χ0n) is 13.8. The zero-order valence-corrected chi connectivity index (χ0v) is 13.8. The van der Waals surface area contributed by atoms with Crippen LogP contribution in [0.4, 0.5) is 0 Å². The molecule has 1 heterocycles. The monoisotopic (exact) mass is 311 g/mol. The second kappa shape index (κ2) is 5.79. The van der Waals surface area contributed by atoms with Gasteiger partial charge in [0, 0.05) is 6.04 Å². The Kier molecular flexibility index (Phi) is 3.76. The summed E-state index contributed by atoms with van der Waals surface area (Å²) in [5.74, 6) is 0.615. The lowest BCUT2D eigenvalue weighted by atomic mass is 9.53. The van der Waals surface area contributed by atoms with Crippen LogP contribution in [-0.4, -0.2) is 19.6 Å². The molecular formula is C20H25NO2. The summed E-state index contributed by atoms with van der Waals surface area (Å²) in [6.45, 7) is 1.11. The number of methoxy groups -OCH3 is 1. The summed E-state index contributed by atoms with van der Waals surface area (Å²) >= 11 is 0. The Hall–Kier alpha value is -1.61. The molecule has 3 aliphatic rings. The molecule has 3 nitrogen and oxygen atoms in total. The number of esters is 1. The number of hydrogen-bond donors (Lipinski definition) is 1. The van der Waals surface area contributed by atoms with Crippen molar-refractivity contribution >= 4 is 5.97 Å². The van der Waals surface area contributed by atoms with E-state index in [2.05, 4.69) is 23.5 Å². The maximum atomic E-state index is 11.6. The third-order valence-electron chi connectivity index (χ3n) is 6.14. The Morgan fingerprint density at radius 3 is 2.57 bits per heavy atom. The first-order chi connectivity index (χ1) is 11.2. The van der Waals surface area contributed by atoms with E-state index in [0.29, 0.717) is 17.0 Å². The highest BCUT2D eigenvalue weighted by Crippen LogP contribution is 2.58. The highest BCUT2D eigenvalue weighted by molar-refractivity contribution is 5.89. The van der Waals surface area contributed by atoms with Crippen LogP contribution in [0.2, 0.25) is 0 Å². The summed E-state index contributed by atoms with van der Waals surface area (Å²) in [5.41, 5.74) is 4.21.